The topological polar surface area (TPSA) is 70.4 Å². The molecule has 0 fully saturated rings. The monoisotopic (exact) mass is 348 g/mol. The lowest BCUT2D eigenvalue weighted by Crippen LogP contribution is -2.15. The third-order valence-electron chi connectivity index (χ3n) is 3.27. The smallest absolute Gasteiger partial charge is 0.420 e. The lowest BCUT2D eigenvalue weighted by molar-refractivity contribution is 0.414. The summed E-state index contributed by atoms with van der Waals surface area (Å²) >= 11 is 3.48. The van der Waals surface area contributed by atoms with Crippen molar-refractivity contribution < 1.29 is 9.15 Å². The molecule has 0 bridgehead atoms. The molecule has 3 rings (SSSR count). The third-order valence-corrected chi connectivity index (χ3v) is 4.05. The molecule has 21 heavy (non-hydrogen) atoms. The summed E-state index contributed by atoms with van der Waals surface area (Å²) in [6.45, 7) is 0.382. The minimum absolute atomic E-state index is 0.382. The summed E-state index contributed by atoms with van der Waals surface area (Å²) in [7, 11) is 1.61. The van der Waals surface area contributed by atoms with Gasteiger partial charge in [-0.05, 0) is 35.9 Å². The molecular weight excluding hydrogens is 336 g/mol. The molecule has 0 spiro atoms. The van der Waals surface area contributed by atoms with Crippen LogP contribution in [0.1, 0.15) is 5.56 Å². The van der Waals surface area contributed by atoms with Crippen LogP contribution in [-0.2, 0) is 6.54 Å². The lowest BCUT2D eigenvalue weighted by atomic mass is 10.2. The van der Waals surface area contributed by atoms with E-state index in [-0.39, 0.29) is 0 Å². The van der Waals surface area contributed by atoms with Crippen LogP contribution in [0.2, 0.25) is 0 Å². The first-order chi connectivity index (χ1) is 10.1. The molecule has 5 nitrogen and oxygen atoms in total. The third kappa shape index (κ3) is 2.54. The minimum atomic E-state index is -0.412. The number of rotatable bonds is 3. The molecule has 0 radical (unpaired) electrons. The molecule has 1 heterocycles. The SMILES string of the molecule is COc1ccc(Br)c(Cn2c(=O)oc3cc(N)ccc32)c1. The summed E-state index contributed by atoms with van der Waals surface area (Å²) in [5.74, 6) is 0.323. The molecule has 0 saturated carbocycles. The van der Waals surface area contributed by atoms with Gasteiger partial charge in [0.2, 0.25) is 0 Å². The Labute approximate surface area is 129 Å². The number of methoxy groups -OCH3 is 1. The van der Waals surface area contributed by atoms with Crippen molar-refractivity contribution in [3.8, 4) is 5.75 Å². The number of hydrogen-bond donors (Lipinski definition) is 1. The van der Waals surface area contributed by atoms with Crippen LogP contribution in [0, 0.1) is 0 Å². The van der Waals surface area contributed by atoms with Gasteiger partial charge in [0.15, 0.2) is 5.58 Å². The van der Waals surface area contributed by atoms with Crippen molar-refractivity contribution in [2.75, 3.05) is 12.8 Å². The van der Waals surface area contributed by atoms with Gasteiger partial charge in [-0.3, -0.25) is 4.57 Å². The van der Waals surface area contributed by atoms with E-state index >= 15 is 0 Å². The van der Waals surface area contributed by atoms with Crippen molar-refractivity contribution in [2.24, 2.45) is 0 Å². The number of nitrogen functional groups attached to an aromatic ring is 1. The number of nitrogens with zero attached hydrogens (tertiary/aromatic N) is 1. The van der Waals surface area contributed by atoms with Gasteiger partial charge in [-0.15, -0.1) is 0 Å². The molecule has 0 amide bonds. The Bertz CT molecular complexity index is 867. The summed E-state index contributed by atoms with van der Waals surface area (Å²) in [6.07, 6.45) is 0. The highest BCUT2D eigenvalue weighted by molar-refractivity contribution is 9.10. The molecule has 108 valence electrons. The Morgan fingerprint density at radius 3 is 2.86 bits per heavy atom. The van der Waals surface area contributed by atoms with Crippen molar-refractivity contribution in [3.63, 3.8) is 0 Å². The molecule has 0 aliphatic heterocycles. The molecule has 2 N–H and O–H groups in total. The average molecular weight is 349 g/mol. The van der Waals surface area contributed by atoms with Crippen molar-refractivity contribution in [2.45, 2.75) is 6.54 Å². The van der Waals surface area contributed by atoms with Crippen LogP contribution in [0.3, 0.4) is 0 Å². The standard InChI is InChI=1S/C15H13BrN2O3/c1-20-11-3-4-12(16)9(6-11)8-18-13-5-2-10(17)7-14(13)21-15(18)19/h2-7H,8,17H2,1H3. The summed E-state index contributed by atoms with van der Waals surface area (Å²) < 4.78 is 12.9. The van der Waals surface area contributed by atoms with Gasteiger partial charge in [0.05, 0.1) is 19.2 Å². The number of anilines is 1. The molecular formula is C15H13BrN2O3. The van der Waals surface area contributed by atoms with Crippen LogP contribution in [0.25, 0.3) is 11.1 Å². The number of fused-ring (bicyclic) bond motifs is 1. The van der Waals surface area contributed by atoms with Gasteiger partial charge in [-0.25, -0.2) is 4.79 Å². The van der Waals surface area contributed by atoms with E-state index in [9.17, 15) is 4.79 Å². The Morgan fingerprint density at radius 1 is 1.29 bits per heavy atom. The van der Waals surface area contributed by atoms with E-state index in [1.807, 2.05) is 18.2 Å². The fourth-order valence-corrected chi connectivity index (χ4v) is 2.57. The maximum absolute atomic E-state index is 12.0. The zero-order valence-corrected chi connectivity index (χ0v) is 12.9. The molecule has 0 atom stereocenters. The summed E-state index contributed by atoms with van der Waals surface area (Å²) in [5.41, 5.74) is 8.39. The molecule has 0 aliphatic rings. The van der Waals surface area contributed by atoms with Crippen molar-refractivity contribution in [3.05, 3.63) is 57.0 Å². The maximum Gasteiger partial charge on any atom is 0.420 e. The Hall–Kier alpha value is -2.21. The van der Waals surface area contributed by atoms with Gasteiger partial charge in [-0.2, -0.15) is 0 Å². The first-order valence-corrected chi connectivity index (χ1v) is 7.09. The van der Waals surface area contributed by atoms with E-state index in [0.29, 0.717) is 23.3 Å². The highest BCUT2D eigenvalue weighted by Crippen LogP contribution is 2.24. The van der Waals surface area contributed by atoms with Crippen LogP contribution in [0.4, 0.5) is 5.69 Å². The Balaban J connectivity index is 2.10. The number of halogens is 1. The average Bonchev–Trinajstić information content (AvgIpc) is 2.76. The predicted octanol–water partition coefficient (Wildman–Crippen LogP) is 3.00. The number of benzene rings is 2. The maximum atomic E-state index is 12.0. The molecule has 1 aromatic heterocycles. The van der Waals surface area contributed by atoms with E-state index in [1.165, 1.54) is 0 Å². The predicted molar refractivity (Wildman–Crippen MR) is 84.7 cm³/mol. The highest BCUT2D eigenvalue weighted by atomic mass is 79.9. The second-order valence-corrected chi connectivity index (χ2v) is 5.49. The second kappa shape index (κ2) is 5.29. The molecule has 0 aliphatic carbocycles. The number of aromatic nitrogens is 1. The van der Waals surface area contributed by atoms with Crippen LogP contribution in [0.15, 0.2) is 50.1 Å². The Kier molecular flexibility index (Phi) is 3.47. The molecule has 6 heteroatoms. The fourth-order valence-electron chi connectivity index (χ4n) is 2.20. The van der Waals surface area contributed by atoms with Crippen LogP contribution < -0.4 is 16.2 Å². The normalized spacial score (nSPS) is 11.0. The first kappa shape index (κ1) is 13.8. The van der Waals surface area contributed by atoms with Crippen molar-refractivity contribution in [1.29, 1.82) is 0 Å². The van der Waals surface area contributed by atoms with Crippen molar-refractivity contribution >= 4 is 32.7 Å². The van der Waals surface area contributed by atoms with E-state index in [1.54, 1.807) is 29.9 Å². The van der Waals surface area contributed by atoms with Gasteiger partial charge in [0, 0.05) is 16.2 Å². The van der Waals surface area contributed by atoms with Crippen LogP contribution in [-0.4, -0.2) is 11.7 Å². The quantitative estimate of drug-likeness (QED) is 0.738. The van der Waals surface area contributed by atoms with Gasteiger partial charge in [-0.1, -0.05) is 15.9 Å². The van der Waals surface area contributed by atoms with Gasteiger partial charge in [0.25, 0.3) is 0 Å². The van der Waals surface area contributed by atoms with E-state index in [2.05, 4.69) is 15.9 Å². The van der Waals surface area contributed by atoms with E-state index in [0.717, 1.165) is 15.8 Å². The minimum Gasteiger partial charge on any atom is -0.497 e. The van der Waals surface area contributed by atoms with Gasteiger partial charge >= 0.3 is 5.76 Å². The zero-order valence-electron chi connectivity index (χ0n) is 11.3. The number of nitrogens with two attached hydrogens (primary N) is 1. The number of ether oxygens (including phenoxy) is 1. The van der Waals surface area contributed by atoms with Gasteiger partial charge in [0.1, 0.15) is 5.75 Å². The molecule has 0 unspecified atom stereocenters. The second-order valence-electron chi connectivity index (χ2n) is 4.64. The summed E-state index contributed by atoms with van der Waals surface area (Å²) in [6, 6.07) is 10.8. The molecule has 3 aromatic rings. The van der Waals surface area contributed by atoms with Crippen LogP contribution in [0.5, 0.6) is 5.75 Å². The Morgan fingerprint density at radius 2 is 2.10 bits per heavy atom. The van der Waals surface area contributed by atoms with Gasteiger partial charge < -0.3 is 14.9 Å². The largest absolute Gasteiger partial charge is 0.497 e. The van der Waals surface area contributed by atoms with E-state index < -0.39 is 5.76 Å². The molecule has 0 saturated heterocycles. The summed E-state index contributed by atoms with van der Waals surface area (Å²) in [4.78, 5) is 12.0. The number of oxazole rings is 1. The lowest BCUT2D eigenvalue weighted by Gasteiger charge is -2.08. The first-order valence-electron chi connectivity index (χ1n) is 6.30. The zero-order chi connectivity index (χ0) is 15.0. The highest BCUT2D eigenvalue weighted by Gasteiger charge is 2.12. The summed E-state index contributed by atoms with van der Waals surface area (Å²) in [5, 5.41) is 0. The van der Waals surface area contributed by atoms with Crippen molar-refractivity contribution in [1.82, 2.24) is 4.57 Å². The fraction of sp³-hybridized carbons (Fsp3) is 0.133. The van der Waals surface area contributed by atoms with Crippen LogP contribution >= 0.6 is 15.9 Å². The molecule has 2 aromatic carbocycles. The van der Waals surface area contributed by atoms with E-state index in [4.69, 9.17) is 14.9 Å². The number of hydrogen-bond acceptors (Lipinski definition) is 4.